The number of carbonyl (C=O) groups is 1. The van der Waals surface area contributed by atoms with E-state index in [1.54, 1.807) is 48.0 Å². The van der Waals surface area contributed by atoms with Gasteiger partial charge >= 0.3 is 5.97 Å². The van der Waals surface area contributed by atoms with Gasteiger partial charge in [0, 0.05) is 18.1 Å². The number of esters is 1. The molecule has 0 atom stereocenters. The minimum absolute atomic E-state index is 0.252. The molecule has 26 heavy (non-hydrogen) atoms. The molecule has 0 spiro atoms. The predicted octanol–water partition coefficient (Wildman–Crippen LogP) is 3.25. The van der Waals surface area contributed by atoms with Crippen LogP contribution in [0.4, 0.5) is 0 Å². The molecule has 132 valence electrons. The Morgan fingerprint density at radius 2 is 1.92 bits per heavy atom. The van der Waals surface area contributed by atoms with Gasteiger partial charge in [-0.25, -0.2) is 9.78 Å². The van der Waals surface area contributed by atoms with Crippen LogP contribution >= 0.6 is 0 Å². The number of pyridine rings is 1. The van der Waals surface area contributed by atoms with Gasteiger partial charge in [-0.2, -0.15) is 0 Å². The molecule has 0 saturated carbocycles. The molecule has 3 N–H and O–H groups in total. The van der Waals surface area contributed by atoms with Crippen LogP contribution < -0.4 is 10.5 Å². The van der Waals surface area contributed by atoms with E-state index < -0.39 is 5.97 Å². The molecule has 0 radical (unpaired) electrons. The molecule has 2 heterocycles. The highest BCUT2D eigenvalue weighted by molar-refractivity contribution is 5.88. The lowest BCUT2D eigenvalue weighted by molar-refractivity contribution is 0.0520. The van der Waals surface area contributed by atoms with Crippen molar-refractivity contribution in [2.24, 2.45) is 5.73 Å². The molecule has 3 aromatic rings. The number of rotatable bonds is 6. The lowest BCUT2D eigenvalue weighted by Gasteiger charge is -2.07. The molecule has 0 aliphatic carbocycles. The highest BCUT2D eigenvalue weighted by Gasteiger charge is 2.12. The molecule has 3 rings (SSSR count). The minimum atomic E-state index is -0.454. The first-order valence-corrected chi connectivity index (χ1v) is 8.01. The van der Waals surface area contributed by atoms with Crippen LogP contribution in [0.5, 0.6) is 11.5 Å². The van der Waals surface area contributed by atoms with E-state index in [1.165, 1.54) is 6.08 Å². The van der Waals surface area contributed by atoms with Gasteiger partial charge in [0.1, 0.15) is 17.1 Å². The van der Waals surface area contributed by atoms with Crippen LogP contribution in [0.15, 0.2) is 54.9 Å². The lowest BCUT2D eigenvalue weighted by atomic mass is 10.1. The largest absolute Gasteiger partial charge is 0.461 e. The summed E-state index contributed by atoms with van der Waals surface area (Å²) in [5.41, 5.74) is 8.04. The van der Waals surface area contributed by atoms with Crippen molar-refractivity contribution < 1.29 is 14.3 Å². The number of ether oxygens (including phenoxy) is 2. The zero-order valence-corrected chi connectivity index (χ0v) is 14.2. The highest BCUT2D eigenvalue weighted by Crippen LogP contribution is 2.23. The lowest BCUT2D eigenvalue weighted by Crippen LogP contribution is -2.04. The fourth-order valence-corrected chi connectivity index (χ4v) is 2.37. The van der Waals surface area contributed by atoms with E-state index in [9.17, 15) is 4.79 Å². The summed E-state index contributed by atoms with van der Waals surface area (Å²) < 4.78 is 12.5. The maximum atomic E-state index is 11.8. The zero-order valence-electron chi connectivity index (χ0n) is 14.2. The summed E-state index contributed by atoms with van der Waals surface area (Å²) in [7, 11) is 0. The molecule has 1 aromatic carbocycles. The van der Waals surface area contributed by atoms with Crippen LogP contribution in [-0.2, 0) is 4.74 Å². The molecule has 0 bridgehead atoms. The number of nitrogens with zero attached hydrogens (tertiary/aromatic N) is 2. The standard InChI is InChI=1S/C19H18N4O3/c1-2-25-19(24)17-12-23-11-15(7-8-18(23)22-17)26-14-5-3-13(4-6-14)16(21)9-10-20/h3-12,20H,2,21H2,1H3/b16-9-,20-10?. The zero-order chi connectivity index (χ0) is 18.5. The average molecular weight is 350 g/mol. The van der Waals surface area contributed by atoms with Gasteiger partial charge in [-0.3, -0.25) is 0 Å². The number of benzene rings is 1. The maximum absolute atomic E-state index is 11.8. The summed E-state index contributed by atoms with van der Waals surface area (Å²) in [6.45, 7) is 2.05. The van der Waals surface area contributed by atoms with Crippen molar-refractivity contribution in [3.8, 4) is 11.5 Å². The molecular formula is C19H18N4O3. The first kappa shape index (κ1) is 17.2. The summed E-state index contributed by atoms with van der Waals surface area (Å²) in [4.78, 5) is 16.0. The van der Waals surface area contributed by atoms with E-state index >= 15 is 0 Å². The van der Waals surface area contributed by atoms with Crippen molar-refractivity contribution in [1.29, 1.82) is 5.41 Å². The Hall–Kier alpha value is -3.61. The number of hydrogen-bond donors (Lipinski definition) is 2. The fraction of sp³-hybridized carbons (Fsp3) is 0.105. The van der Waals surface area contributed by atoms with Crippen LogP contribution in [0.2, 0.25) is 0 Å². The van der Waals surface area contributed by atoms with Gasteiger partial charge in [0.2, 0.25) is 0 Å². The Morgan fingerprint density at radius 1 is 1.19 bits per heavy atom. The van der Waals surface area contributed by atoms with E-state index in [-0.39, 0.29) is 5.69 Å². The molecule has 0 unspecified atom stereocenters. The number of aromatic nitrogens is 2. The van der Waals surface area contributed by atoms with Gasteiger partial charge in [-0.1, -0.05) is 0 Å². The van der Waals surface area contributed by atoms with Crippen molar-refractivity contribution in [3.05, 3.63) is 66.1 Å². The van der Waals surface area contributed by atoms with Gasteiger partial charge in [0.25, 0.3) is 0 Å². The molecule has 0 saturated heterocycles. The fourth-order valence-electron chi connectivity index (χ4n) is 2.37. The number of carbonyl (C=O) groups excluding carboxylic acids is 1. The molecule has 0 aliphatic rings. The Kier molecular flexibility index (Phi) is 4.98. The van der Waals surface area contributed by atoms with Gasteiger partial charge in [0.15, 0.2) is 5.69 Å². The van der Waals surface area contributed by atoms with Crippen molar-refractivity contribution in [1.82, 2.24) is 9.38 Å². The predicted molar refractivity (Wildman–Crippen MR) is 98.6 cm³/mol. The van der Waals surface area contributed by atoms with Gasteiger partial charge in [-0.05, 0) is 55.0 Å². The number of fused-ring (bicyclic) bond motifs is 1. The van der Waals surface area contributed by atoms with Crippen LogP contribution in [0.1, 0.15) is 23.0 Å². The van der Waals surface area contributed by atoms with E-state index in [1.807, 2.05) is 12.1 Å². The number of hydrogen-bond acceptors (Lipinski definition) is 6. The third-order valence-corrected chi connectivity index (χ3v) is 3.59. The SMILES string of the molecule is CCOC(=O)c1cn2cc(Oc3ccc(/C(N)=C/C=N)cc3)ccc2n1. The first-order valence-electron chi connectivity index (χ1n) is 8.01. The summed E-state index contributed by atoms with van der Waals surface area (Å²) in [5.74, 6) is 0.785. The molecule has 0 amide bonds. The summed E-state index contributed by atoms with van der Waals surface area (Å²) in [6, 6.07) is 10.8. The maximum Gasteiger partial charge on any atom is 0.358 e. The molecule has 2 aromatic heterocycles. The average Bonchev–Trinajstić information content (AvgIpc) is 3.06. The normalized spacial score (nSPS) is 11.3. The second kappa shape index (κ2) is 7.52. The first-order chi connectivity index (χ1) is 12.6. The van der Waals surface area contributed by atoms with E-state index in [4.69, 9.17) is 20.6 Å². The minimum Gasteiger partial charge on any atom is -0.461 e. The van der Waals surface area contributed by atoms with E-state index in [0.717, 1.165) is 11.8 Å². The Bertz CT molecular complexity index is 974. The van der Waals surface area contributed by atoms with Crippen molar-refractivity contribution in [3.63, 3.8) is 0 Å². The van der Waals surface area contributed by atoms with Crippen LogP contribution in [0.25, 0.3) is 11.3 Å². The summed E-state index contributed by atoms with van der Waals surface area (Å²) in [6.07, 6.45) is 6.00. The van der Waals surface area contributed by atoms with Gasteiger partial charge in [-0.15, -0.1) is 0 Å². The highest BCUT2D eigenvalue weighted by atomic mass is 16.5. The number of imidazole rings is 1. The number of allylic oxidation sites excluding steroid dienone is 1. The van der Waals surface area contributed by atoms with Crippen LogP contribution in [0, 0.1) is 5.41 Å². The van der Waals surface area contributed by atoms with Gasteiger partial charge in [0.05, 0.1) is 12.8 Å². The number of nitrogens with one attached hydrogen (secondary N) is 1. The monoisotopic (exact) mass is 350 g/mol. The second-order valence-corrected chi connectivity index (χ2v) is 5.39. The van der Waals surface area contributed by atoms with Crippen molar-refractivity contribution in [2.75, 3.05) is 6.61 Å². The van der Waals surface area contributed by atoms with Crippen molar-refractivity contribution in [2.45, 2.75) is 6.92 Å². The Labute approximate surface area is 150 Å². The number of nitrogens with two attached hydrogens (primary N) is 1. The molecule has 7 nitrogen and oxygen atoms in total. The van der Waals surface area contributed by atoms with E-state index in [2.05, 4.69) is 4.98 Å². The Balaban J connectivity index is 1.79. The smallest absolute Gasteiger partial charge is 0.358 e. The third-order valence-electron chi connectivity index (χ3n) is 3.59. The summed E-state index contributed by atoms with van der Waals surface area (Å²) >= 11 is 0. The van der Waals surface area contributed by atoms with Crippen molar-refractivity contribution >= 4 is 23.5 Å². The second-order valence-electron chi connectivity index (χ2n) is 5.39. The van der Waals surface area contributed by atoms with E-state index in [0.29, 0.717) is 29.5 Å². The molecular weight excluding hydrogens is 332 g/mol. The molecule has 0 aliphatic heterocycles. The van der Waals surface area contributed by atoms with Crippen LogP contribution in [-0.4, -0.2) is 28.2 Å². The topological polar surface area (TPSA) is 103 Å². The summed E-state index contributed by atoms with van der Waals surface area (Å²) in [5, 5.41) is 7.05. The third kappa shape index (κ3) is 3.72. The van der Waals surface area contributed by atoms with Crippen LogP contribution in [0.3, 0.4) is 0 Å². The van der Waals surface area contributed by atoms with Gasteiger partial charge < -0.3 is 25.0 Å². The molecule has 0 fully saturated rings. The Morgan fingerprint density at radius 3 is 2.62 bits per heavy atom. The molecule has 7 heteroatoms. The quantitative estimate of drug-likeness (QED) is 0.525.